The number of amides is 1. The van der Waals surface area contributed by atoms with Crippen molar-refractivity contribution in [3.05, 3.63) is 116 Å². The SMILES string of the molecule is O=C(NCCc1ccccc1OCc1ccccc1)c1nc(-n2ncc(=O)[nH]c2=O)ccc1Cl. The van der Waals surface area contributed by atoms with Gasteiger partial charge in [-0.15, -0.1) is 0 Å². The molecule has 4 rings (SSSR count). The molecular formula is C24H20ClN5O4. The van der Waals surface area contributed by atoms with Crippen molar-refractivity contribution in [3.8, 4) is 11.6 Å². The molecule has 0 spiro atoms. The maximum Gasteiger partial charge on any atom is 0.351 e. The summed E-state index contributed by atoms with van der Waals surface area (Å²) in [4.78, 5) is 42.2. The normalized spacial score (nSPS) is 10.6. The summed E-state index contributed by atoms with van der Waals surface area (Å²) in [6, 6.07) is 20.3. The van der Waals surface area contributed by atoms with Crippen LogP contribution in [0.5, 0.6) is 5.75 Å². The first-order chi connectivity index (χ1) is 16.5. The van der Waals surface area contributed by atoms with Gasteiger partial charge in [0.1, 0.15) is 24.2 Å². The molecule has 0 saturated carbocycles. The molecule has 2 aromatic carbocycles. The maximum absolute atomic E-state index is 12.7. The van der Waals surface area contributed by atoms with Crippen LogP contribution >= 0.6 is 11.6 Å². The fourth-order valence-corrected chi connectivity index (χ4v) is 3.40. The van der Waals surface area contributed by atoms with Crippen molar-refractivity contribution < 1.29 is 9.53 Å². The third-order valence-corrected chi connectivity index (χ3v) is 5.17. The van der Waals surface area contributed by atoms with Gasteiger partial charge in [0.15, 0.2) is 5.82 Å². The molecule has 0 atom stereocenters. The summed E-state index contributed by atoms with van der Waals surface area (Å²) in [7, 11) is 0. The second-order valence-corrected chi connectivity index (χ2v) is 7.65. The molecule has 0 unspecified atom stereocenters. The number of ether oxygens (including phenoxy) is 1. The molecule has 10 heteroatoms. The Morgan fingerprint density at radius 2 is 1.79 bits per heavy atom. The first kappa shape index (κ1) is 22.9. The van der Waals surface area contributed by atoms with E-state index in [9.17, 15) is 14.4 Å². The van der Waals surface area contributed by atoms with Crippen LogP contribution in [-0.4, -0.2) is 32.2 Å². The van der Waals surface area contributed by atoms with E-state index in [1.807, 2.05) is 54.6 Å². The number of rotatable bonds is 8. The van der Waals surface area contributed by atoms with Gasteiger partial charge in [-0.3, -0.25) is 14.6 Å². The minimum absolute atomic E-state index is 0.0513. The fraction of sp³-hybridized carbons (Fsp3) is 0.125. The lowest BCUT2D eigenvalue weighted by atomic mass is 10.1. The highest BCUT2D eigenvalue weighted by atomic mass is 35.5. The van der Waals surface area contributed by atoms with Crippen LogP contribution in [0.3, 0.4) is 0 Å². The monoisotopic (exact) mass is 477 g/mol. The summed E-state index contributed by atoms with van der Waals surface area (Å²) >= 11 is 6.16. The van der Waals surface area contributed by atoms with E-state index < -0.39 is 17.2 Å². The molecule has 0 aliphatic carbocycles. The molecule has 0 saturated heterocycles. The van der Waals surface area contributed by atoms with E-state index in [0.29, 0.717) is 19.6 Å². The standard InChI is InChI=1S/C24H20ClN5O4/c25-18-10-11-20(30-24(33)29-21(31)14-27-30)28-22(18)23(32)26-13-12-17-8-4-5-9-19(17)34-15-16-6-2-1-3-7-16/h1-11,14H,12-13,15H2,(H,26,32)(H,29,31,33). The van der Waals surface area contributed by atoms with Crippen molar-refractivity contribution in [1.82, 2.24) is 25.1 Å². The van der Waals surface area contributed by atoms with Crippen molar-refractivity contribution in [2.75, 3.05) is 6.54 Å². The summed E-state index contributed by atoms with van der Waals surface area (Å²) in [5.41, 5.74) is 0.521. The van der Waals surface area contributed by atoms with E-state index in [1.54, 1.807) is 0 Å². The molecule has 34 heavy (non-hydrogen) atoms. The third-order valence-electron chi connectivity index (χ3n) is 4.87. The highest BCUT2D eigenvalue weighted by Crippen LogP contribution is 2.20. The van der Waals surface area contributed by atoms with Gasteiger partial charge in [-0.1, -0.05) is 60.1 Å². The van der Waals surface area contributed by atoms with Gasteiger partial charge in [-0.05, 0) is 35.7 Å². The Hall–Kier alpha value is -4.24. The van der Waals surface area contributed by atoms with Crippen molar-refractivity contribution in [1.29, 1.82) is 0 Å². The number of halogens is 1. The number of aromatic nitrogens is 4. The number of hydrogen-bond donors (Lipinski definition) is 2. The molecule has 2 N–H and O–H groups in total. The smallest absolute Gasteiger partial charge is 0.351 e. The van der Waals surface area contributed by atoms with Crippen LogP contribution < -0.4 is 21.3 Å². The van der Waals surface area contributed by atoms with E-state index in [0.717, 1.165) is 27.8 Å². The van der Waals surface area contributed by atoms with Crippen LogP contribution in [0.1, 0.15) is 21.6 Å². The van der Waals surface area contributed by atoms with Gasteiger partial charge in [-0.2, -0.15) is 9.78 Å². The van der Waals surface area contributed by atoms with Crippen molar-refractivity contribution in [3.63, 3.8) is 0 Å². The molecule has 2 heterocycles. The Morgan fingerprint density at radius 3 is 2.59 bits per heavy atom. The van der Waals surface area contributed by atoms with Gasteiger partial charge in [0.25, 0.3) is 11.5 Å². The predicted molar refractivity (Wildman–Crippen MR) is 127 cm³/mol. The molecule has 1 amide bonds. The fourth-order valence-electron chi connectivity index (χ4n) is 3.21. The summed E-state index contributed by atoms with van der Waals surface area (Å²) < 4.78 is 6.83. The molecule has 0 bridgehead atoms. The Kier molecular flexibility index (Phi) is 7.14. The largest absolute Gasteiger partial charge is 0.489 e. The number of nitrogens with zero attached hydrogens (tertiary/aromatic N) is 3. The van der Waals surface area contributed by atoms with Crippen LogP contribution in [-0.2, 0) is 13.0 Å². The lowest BCUT2D eigenvalue weighted by Gasteiger charge is -2.12. The molecule has 4 aromatic rings. The van der Waals surface area contributed by atoms with E-state index in [4.69, 9.17) is 16.3 Å². The predicted octanol–water partition coefficient (Wildman–Crippen LogP) is 2.52. The number of pyridine rings is 1. The number of para-hydroxylation sites is 1. The first-order valence-corrected chi connectivity index (χ1v) is 10.8. The van der Waals surface area contributed by atoms with Gasteiger partial charge in [-0.25, -0.2) is 9.78 Å². The number of aromatic amines is 1. The number of benzene rings is 2. The lowest BCUT2D eigenvalue weighted by Crippen LogP contribution is -2.32. The average molecular weight is 478 g/mol. The molecule has 0 aliphatic heterocycles. The van der Waals surface area contributed by atoms with Crippen molar-refractivity contribution >= 4 is 17.5 Å². The summed E-state index contributed by atoms with van der Waals surface area (Å²) in [5, 5.41) is 6.64. The van der Waals surface area contributed by atoms with Gasteiger partial charge < -0.3 is 10.1 Å². The molecule has 9 nitrogen and oxygen atoms in total. The zero-order valence-corrected chi connectivity index (χ0v) is 18.7. The molecule has 0 aliphatic rings. The van der Waals surface area contributed by atoms with Gasteiger partial charge in [0.2, 0.25) is 0 Å². The molecule has 172 valence electrons. The van der Waals surface area contributed by atoms with E-state index in [-0.39, 0.29) is 16.5 Å². The lowest BCUT2D eigenvalue weighted by molar-refractivity contribution is 0.0949. The summed E-state index contributed by atoms with van der Waals surface area (Å²) in [6.45, 7) is 0.748. The van der Waals surface area contributed by atoms with Crippen LogP contribution in [0, 0.1) is 0 Å². The highest BCUT2D eigenvalue weighted by Gasteiger charge is 2.15. The number of nitrogens with one attached hydrogen (secondary N) is 2. The topological polar surface area (TPSA) is 119 Å². The zero-order valence-electron chi connectivity index (χ0n) is 17.9. The minimum Gasteiger partial charge on any atom is -0.489 e. The summed E-state index contributed by atoms with van der Waals surface area (Å²) in [5.74, 6) is 0.282. The molecule has 0 fully saturated rings. The second-order valence-electron chi connectivity index (χ2n) is 7.24. The first-order valence-electron chi connectivity index (χ1n) is 10.4. The van der Waals surface area contributed by atoms with Gasteiger partial charge in [0, 0.05) is 6.54 Å². The number of H-pyrrole nitrogens is 1. The summed E-state index contributed by atoms with van der Waals surface area (Å²) in [6.07, 6.45) is 1.46. The molecule has 2 aromatic heterocycles. The maximum atomic E-state index is 12.7. The molecular weight excluding hydrogens is 458 g/mol. The van der Waals surface area contributed by atoms with E-state index in [2.05, 4.69) is 20.4 Å². The third kappa shape index (κ3) is 5.57. The Morgan fingerprint density at radius 1 is 1.03 bits per heavy atom. The van der Waals surface area contributed by atoms with Crippen LogP contribution in [0.4, 0.5) is 0 Å². The average Bonchev–Trinajstić information content (AvgIpc) is 2.84. The van der Waals surface area contributed by atoms with Crippen LogP contribution in [0.25, 0.3) is 5.82 Å². The van der Waals surface area contributed by atoms with Crippen LogP contribution in [0.2, 0.25) is 5.02 Å². The highest BCUT2D eigenvalue weighted by molar-refractivity contribution is 6.33. The Balaban J connectivity index is 1.42. The minimum atomic E-state index is -0.777. The van der Waals surface area contributed by atoms with Crippen LogP contribution in [0.15, 0.2) is 82.5 Å². The second kappa shape index (κ2) is 10.6. The number of carbonyl (C=O) groups excluding carboxylic acids is 1. The molecule has 0 radical (unpaired) electrons. The Bertz CT molecular complexity index is 1420. The number of carbonyl (C=O) groups is 1. The van der Waals surface area contributed by atoms with Crippen molar-refractivity contribution in [2.24, 2.45) is 0 Å². The van der Waals surface area contributed by atoms with E-state index in [1.165, 1.54) is 12.1 Å². The van der Waals surface area contributed by atoms with Gasteiger partial charge in [0.05, 0.1) is 5.02 Å². The number of hydrogen-bond acceptors (Lipinski definition) is 6. The zero-order chi connectivity index (χ0) is 23.9. The Labute approximate surface area is 199 Å². The quantitative estimate of drug-likeness (QED) is 0.402. The van der Waals surface area contributed by atoms with Gasteiger partial charge >= 0.3 is 5.69 Å². The van der Waals surface area contributed by atoms with E-state index >= 15 is 0 Å². The van der Waals surface area contributed by atoms with Crippen molar-refractivity contribution in [2.45, 2.75) is 13.0 Å².